The van der Waals surface area contributed by atoms with Gasteiger partial charge in [0, 0.05) is 38.6 Å². The van der Waals surface area contributed by atoms with Crippen LogP contribution >= 0.6 is 0 Å². The first kappa shape index (κ1) is 17.6. The lowest BCUT2D eigenvalue weighted by Gasteiger charge is -2.47. The quantitative estimate of drug-likeness (QED) is 0.817. The second kappa shape index (κ2) is 7.46. The number of anilines is 1. The molecule has 0 saturated carbocycles. The Morgan fingerprint density at radius 2 is 1.74 bits per heavy atom. The first-order chi connectivity index (χ1) is 13.2. The number of ether oxygens (including phenoxy) is 1. The predicted octanol–water partition coefficient (Wildman–Crippen LogP) is 1.80. The molecule has 2 aromatic heterocycles. The van der Waals surface area contributed by atoms with E-state index in [2.05, 4.69) is 24.8 Å². The molecule has 1 amide bonds. The summed E-state index contributed by atoms with van der Waals surface area (Å²) in [6.45, 7) is 3.42. The number of aromatic nitrogens is 4. The fourth-order valence-electron chi connectivity index (χ4n) is 4.10. The molecule has 2 aliphatic heterocycles. The Bertz CT molecular complexity index is 775. The Balaban J connectivity index is 1.39. The number of rotatable bonds is 3. The van der Waals surface area contributed by atoms with Gasteiger partial charge in [0.1, 0.15) is 0 Å². The summed E-state index contributed by atoms with van der Waals surface area (Å²) in [5.41, 5.74) is 0.231. The summed E-state index contributed by atoms with van der Waals surface area (Å²) in [5, 5.41) is 0. The van der Waals surface area contributed by atoms with Crippen molar-refractivity contribution in [3.8, 4) is 5.75 Å². The van der Waals surface area contributed by atoms with Gasteiger partial charge in [0.2, 0.25) is 11.8 Å². The van der Waals surface area contributed by atoms with Crippen LogP contribution in [0.5, 0.6) is 5.75 Å². The summed E-state index contributed by atoms with van der Waals surface area (Å²) >= 11 is 0. The average molecular weight is 368 g/mol. The molecule has 4 heterocycles. The van der Waals surface area contributed by atoms with Crippen LogP contribution in [-0.2, 0) is 0 Å². The molecular formula is C19H24N6O2. The molecule has 0 atom stereocenters. The number of amides is 1. The SMILES string of the molecule is COc1cnc(C(=O)N2CCC3(CCCN(c4ncccn4)C3)CC2)nc1. The molecule has 8 heteroatoms. The first-order valence-corrected chi connectivity index (χ1v) is 9.36. The van der Waals surface area contributed by atoms with Crippen molar-refractivity contribution in [2.24, 2.45) is 5.41 Å². The molecule has 0 unspecified atom stereocenters. The third-order valence-corrected chi connectivity index (χ3v) is 5.66. The summed E-state index contributed by atoms with van der Waals surface area (Å²) < 4.78 is 5.05. The van der Waals surface area contributed by atoms with Crippen molar-refractivity contribution in [3.05, 3.63) is 36.7 Å². The number of carbonyl (C=O) groups is 1. The Morgan fingerprint density at radius 1 is 1.04 bits per heavy atom. The Hall–Kier alpha value is -2.77. The third-order valence-electron chi connectivity index (χ3n) is 5.66. The molecule has 0 aliphatic carbocycles. The molecular weight excluding hydrogens is 344 g/mol. The van der Waals surface area contributed by atoms with E-state index in [1.54, 1.807) is 19.5 Å². The van der Waals surface area contributed by atoms with Crippen LogP contribution in [0.3, 0.4) is 0 Å². The molecule has 142 valence electrons. The number of nitrogens with zero attached hydrogens (tertiary/aromatic N) is 6. The van der Waals surface area contributed by atoms with Crippen molar-refractivity contribution < 1.29 is 9.53 Å². The summed E-state index contributed by atoms with van der Waals surface area (Å²) in [6, 6.07) is 1.84. The minimum atomic E-state index is -0.105. The molecule has 4 rings (SSSR count). The zero-order valence-electron chi connectivity index (χ0n) is 15.5. The van der Waals surface area contributed by atoms with E-state index in [-0.39, 0.29) is 17.1 Å². The van der Waals surface area contributed by atoms with Crippen LogP contribution in [0, 0.1) is 5.41 Å². The molecule has 2 saturated heterocycles. The molecule has 0 radical (unpaired) electrons. The van der Waals surface area contributed by atoms with E-state index in [9.17, 15) is 4.79 Å². The van der Waals surface area contributed by atoms with Gasteiger partial charge in [-0.05, 0) is 37.2 Å². The predicted molar refractivity (Wildman–Crippen MR) is 99.6 cm³/mol. The number of piperidine rings is 2. The van der Waals surface area contributed by atoms with E-state index in [1.807, 2.05) is 11.0 Å². The molecule has 8 nitrogen and oxygen atoms in total. The normalized spacial score (nSPS) is 19.1. The zero-order chi connectivity index (χ0) is 18.7. The second-order valence-electron chi connectivity index (χ2n) is 7.31. The summed E-state index contributed by atoms with van der Waals surface area (Å²) in [4.78, 5) is 33.9. The lowest BCUT2D eigenvalue weighted by molar-refractivity contribution is 0.0528. The van der Waals surface area contributed by atoms with E-state index in [1.165, 1.54) is 18.8 Å². The Labute approximate surface area is 158 Å². The third kappa shape index (κ3) is 3.70. The van der Waals surface area contributed by atoms with Gasteiger partial charge >= 0.3 is 0 Å². The van der Waals surface area contributed by atoms with Crippen LogP contribution in [0.2, 0.25) is 0 Å². The fraction of sp³-hybridized carbons (Fsp3) is 0.526. The van der Waals surface area contributed by atoms with Gasteiger partial charge in [0.05, 0.1) is 19.5 Å². The van der Waals surface area contributed by atoms with E-state index in [0.29, 0.717) is 5.75 Å². The highest BCUT2D eigenvalue weighted by molar-refractivity contribution is 5.90. The smallest absolute Gasteiger partial charge is 0.291 e. The minimum Gasteiger partial charge on any atom is -0.494 e. The lowest BCUT2D eigenvalue weighted by atomic mass is 9.72. The van der Waals surface area contributed by atoms with E-state index < -0.39 is 0 Å². The number of carbonyl (C=O) groups excluding carboxylic acids is 1. The summed E-state index contributed by atoms with van der Waals surface area (Å²) in [6.07, 6.45) is 10.9. The van der Waals surface area contributed by atoms with Crippen molar-refractivity contribution in [3.63, 3.8) is 0 Å². The Kier molecular flexibility index (Phi) is 4.87. The number of hydrogen-bond donors (Lipinski definition) is 0. The monoisotopic (exact) mass is 368 g/mol. The van der Waals surface area contributed by atoms with E-state index in [0.717, 1.165) is 51.4 Å². The van der Waals surface area contributed by atoms with Gasteiger partial charge in [0.15, 0.2) is 5.75 Å². The van der Waals surface area contributed by atoms with Gasteiger partial charge in [-0.2, -0.15) is 0 Å². The van der Waals surface area contributed by atoms with Crippen molar-refractivity contribution in [2.45, 2.75) is 25.7 Å². The lowest BCUT2D eigenvalue weighted by Crippen LogP contribution is -2.51. The van der Waals surface area contributed by atoms with Crippen molar-refractivity contribution in [1.29, 1.82) is 0 Å². The van der Waals surface area contributed by atoms with Gasteiger partial charge in [0.25, 0.3) is 5.91 Å². The molecule has 2 aromatic rings. The van der Waals surface area contributed by atoms with Gasteiger partial charge in [-0.15, -0.1) is 0 Å². The average Bonchev–Trinajstić information content (AvgIpc) is 2.75. The highest BCUT2D eigenvalue weighted by atomic mass is 16.5. The summed E-state index contributed by atoms with van der Waals surface area (Å²) in [5.74, 6) is 1.48. The first-order valence-electron chi connectivity index (χ1n) is 9.36. The van der Waals surface area contributed by atoms with Gasteiger partial charge in [-0.25, -0.2) is 19.9 Å². The highest BCUT2D eigenvalue weighted by Gasteiger charge is 2.40. The van der Waals surface area contributed by atoms with Crippen LogP contribution in [0.4, 0.5) is 5.95 Å². The van der Waals surface area contributed by atoms with Crippen LogP contribution in [-0.4, -0.2) is 64.0 Å². The Morgan fingerprint density at radius 3 is 2.41 bits per heavy atom. The summed E-state index contributed by atoms with van der Waals surface area (Å²) in [7, 11) is 1.55. The molecule has 2 fully saturated rings. The van der Waals surface area contributed by atoms with Crippen LogP contribution in [0.1, 0.15) is 36.3 Å². The maximum atomic E-state index is 12.7. The van der Waals surface area contributed by atoms with Gasteiger partial charge in [-0.3, -0.25) is 4.79 Å². The maximum absolute atomic E-state index is 12.7. The molecule has 27 heavy (non-hydrogen) atoms. The topological polar surface area (TPSA) is 84.3 Å². The zero-order valence-corrected chi connectivity index (χ0v) is 15.5. The number of methoxy groups -OCH3 is 1. The molecule has 0 aromatic carbocycles. The largest absolute Gasteiger partial charge is 0.494 e. The molecule has 0 bridgehead atoms. The van der Waals surface area contributed by atoms with Crippen LogP contribution < -0.4 is 9.64 Å². The second-order valence-corrected chi connectivity index (χ2v) is 7.31. The van der Waals surface area contributed by atoms with Crippen molar-refractivity contribution in [2.75, 3.05) is 38.2 Å². The van der Waals surface area contributed by atoms with Gasteiger partial charge < -0.3 is 14.5 Å². The molecule has 2 aliphatic rings. The minimum absolute atomic E-state index is 0.105. The molecule has 1 spiro atoms. The van der Waals surface area contributed by atoms with Crippen molar-refractivity contribution in [1.82, 2.24) is 24.8 Å². The van der Waals surface area contributed by atoms with E-state index in [4.69, 9.17) is 4.74 Å². The van der Waals surface area contributed by atoms with Crippen LogP contribution in [0.15, 0.2) is 30.9 Å². The number of hydrogen-bond acceptors (Lipinski definition) is 7. The molecule has 0 N–H and O–H groups in total. The van der Waals surface area contributed by atoms with E-state index >= 15 is 0 Å². The van der Waals surface area contributed by atoms with Gasteiger partial charge in [-0.1, -0.05) is 0 Å². The maximum Gasteiger partial charge on any atom is 0.291 e. The standard InChI is InChI=1S/C19H24N6O2/c1-27-15-12-22-16(23-13-15)17(26)24-10-5-19(6-11-24)4-2-9-25(14-19)18-20-7-3-8-21-18/h3,7-8,12-13H,2,4-6,9-11,14H2,1H3. The highest BCUT2D eigenvalue weighted by Crippen LogP contribution is 2.40. The van der Waals surface area contributed by atoms with Crippen LogP contribution in [0.25, 0.3) is 0 Å². The number of likely N-dealkylation sites (tertiary alicyclic amines) is 1. The fourth-order valence-corrected chi connectivity index (χ4v) is 4.10. The van der Waals surface area contributed by atoms with Crippen molar-refractivity contribution >= 4 is 11.9 Å².